The first-order chi connectivity index (χ1) is 17.3. The van der Waals surface area contributed by atoms with Crippen molar-refractivity contribution in [3.05, 3.63) is 88.1 Å². The van der Waals surface area contributed by atoms with Gasteiger partial charge in [-0.3, -0.25) is 4.79 Å². The number of benzene rings is 2. The van der Waals surface area contributed by atoms with Crippen molar-refractivity contribution in [2.45, 2.75) is 46.3 Å². The first-order valence-corrected chi connectivity index (χ1v) is 12.9. The molecule has 0 fully saturated rings. The van der Waals surface area contributed by atoms with Crippen LogP contribution in [0.3, 0.4) is 0 Å². The lowest BCUT2D eigenvalue weighted by molar-refractivity contribution is -0.143. The zero-order chi connectivity index (χ0) is 25.7. The third-order valence-electron chi connectivity index (χ3n) is 5.73. The van der Waals surface area contributed by atoms with Crippen LogP contribution in [0.4, 0.5) is 0 Å². The zero-order valence-corrected chi connectivity index (χ0v) is 21.8. The van der Waals surface area contributed by atoms with Crippen molar-refractivity contribution in [1.29, 1.82) is 0 Å². The molecule has 0 aromatic heterocycles. The van der Waals surface area contributed by atoms with E-state index in [0.29, 0.717) is 24.4 Å². The van der Waals surface area contributed by atoms with E-state index in [4.69, 9.17) is 14.5 Å². The van der Waals surface area contributed by atoms with Gasteiger partial charge >= 0.3 is 5.97 Å². The van der Waals surface area contributed by atoms with E-state index in [1.165, 1.54) is 11.8 Å². The van der Waals surface area contributed by atoms with Gasteiger partial charge in [0, 0.05) is 5.70 Å². The second kappa shape index (κ2) is 11.5. The van der Waals surface area contributed by atoms with Crippen LogP contribution in [0.2, 0.25) is 0 Å². The average Bonchev–Trinajstić information content (AvgIpc) is 3.23. The van der Waals surface area contributed by atoms with Crippen LogP contribution in [0.15, 0.2) is 82.0 Å². The summed E-state index contributed by atoms with van der Waals surface area (Å²) in [4.78, 5) is 32.7. The van der Waals surface area contributed by atoms with E-state index in [9.17, 15) is 9.59 Å². The van der Waals surface area contributed by atoms with Gasteiger partial charge in [-0.1, -0.05) is 59.8 Å². The van der Waals surface area contributed by atoms with Crippen molar-refractivity contribution >= 4 is 28.8 Å². The van der Waals surface area contributed by atoms with E-state index in [-0.39, 0.29) is 18.4 Å². The Bertz CT molecular complexity index is 1200. The highest BCUT2D eigenvalue weighted by molar-refractivity contribution is 8.16. The average molecular weight is 506 g/mol. The molecule has 188 valence electrons. The number of aryl methyl sites for hydroxylation is 1. The molecule has 0 unspecified atom stereocenters. The molecule has 0 saturated carbocycles. The summed E-state index contributed by atoms with van der Waals surface area (Å²) in [6.07, 6.45) is -0.0978. The smallest absolute Gasteiger partial charge is 0.338 e. The molecular weight excluding hydrogens is 474 g/mol. The van der Waals surface area contributed by atoms with Gasteiger partial charge in [0.05, 0.1) is 36.4 Å². The third-order valence-corrected chi connectivity index (χ3v) is 6.62. The number of nitrogens with zero attached hydrogens (tertiary/aromatic N) is 2. The van der Waals surface area contributed by atoms with Crippen LogP contribution in [0.25, 0.3) is 0 Å². The van der Waals surface area contributed by atoms with Crippen LogP contribution >= 0.6 is 11.8 Å². The number of amides is 1. The number of amidine groups is 1. The molecule has 2 heterocycles. The quantitative estimate of drug-likeness (QED) is 0.377. The van der Waals surface area contributed by atoms with Gasteiger partial charge in [0.2, 0.25) is 5.91 Å². The Hall–Kier alpha value is -3.52. The van der Waals surface area contributed by atoms with Gasteiger partial charge in [-0.25, -0.2) is 9.79 Å². The highest BCUT2D eigenvalue weighted by atomic mass is 32.2. The minimum absolute atomic E-state index is 0.125. The number of rotatable bonds is 9. The molecule has 2 aromatic rings. The normalized spacial score (nSPS) is 16.9. The standard InChI is InChI=1S/C28H31N3O4S/c1-18(2)35-27(33)25-20(4)30-28-31(26(25)21-12-10-19(3)11-13-21)22(17-36-28)16-24(32)29-14-15-34-23-8-6-5-7-9-23/h5-13,17-18,26H,14-16H2,1-4H3,(H,29,32)/t26-/m1/s1. The summed E-state index contributed by atoms with van der Waals surface area (Å²) in [7, 11) is 0. The highest BCUT2D eigenvalue weighted by Gasteiger charge is 2.41. The SMILES string of the molecule is CC1=C(C(=O)OC(C)C)[C@@H](c2ccc(C)cc2)N2C(CC(=O)NCCOc3ccccc3)=CSC2=N1. The number of fused-ring (bicyclic) bond motifs is 1. The van der Waals surface area contributed by atoms with E-state index in [1.54, 1.807) is 0 Å². The number of nitrogens with one attached hydrogen (secondary N) is 1. The summed E-state index contributed by atoms with van der Waals surface area (Å²) in [5.74, 6) is 0.245. The maximum Gasteiger partial charge on any atom is 0.338 e. The Morgan fingerprint density at radius 3 is 2.50 bits per heavy atom. The number of allylic oxidation sites excluding steroid dienone is 1. The highest BCUT2D eigenvalue weighted by Crippen LogP contribution is 2.44. The Kier molecular flexibility index (Phi) is 8.15. The van der Waals surface area contributed by atoms with E-state index >= 15 is 0 Å². The lowest BCUT2D eigenvalue weighted by Crippen LogP contribution is -2.38. The van der Waals surface area contributed by atoms with Crippen LogP contribution in [0.5, 0.6) is 5.75 Å². The Morgan fingerprint density at radius 1 is 1.08 bits per heavy atom. The number of aliphatic imine (C=N–C) groups is 1. The van der Waals surface area contributed by atoms with Gasteiger partial charge in [0.1, 0.15) is 12.4 Å². The van der Waals surface area contributed by atoms with Crippen LogP contribution < -0.4 is 10.1 Å². The molecule has 0 aliphatic carbocycles. The summed E-state index contributed by atoms with van der Waals surface area (Å²) in [6, 6.07) is 17.1. The first-order valence-electron chi connectivity index (χ1n) is 12.0. The van der Waals surface area contributed by atoms with Crippen molar-refractivity contribution in [3.63, 3.8) is 0 Å². The fraction of sp³-hybridized carbons (Fsp3) is 0.321. The molecule has 0 saturated heterocycles. The number of carbonyl (C=O) groups is 2. The maximum absolute atomic E-state index is 13.2. The number of thioether (sulfide) groups is 1. The predicted molar refractivity (Wildman–Crippen MR) is 142 cm³/mol. The minimum Gasteiger partial charge on any atom is -0.492 e. The molecule has 0 radical (unpaired) electrons. The molecule has 1 N–H and O–H groups in total. The molecule has 0 spiro atoms. The van der Waals surface area contributed by atoms with E-state index in [2.05, 4.69) is 5.32 Å². The van der Waals surface area contributed by atoms with Gasteiger partial charge in [0.25, 0.3) is 0 Å². The van der Waals surface area contributed by atoms with E-state index < -0.39 is 12.0 Å². The van der Waals surface area contributed by atoms with Gasteiger partial charge in [-0.05, 0) is 50.8 Å². The lowest BCUT2D eigenvalue weighted by atomic mass is 9.93. The number of carbonyl (C=O) groups excluding carboxylic acids is 2. The molecule has 2 aliphatic rings. The van der Waals surface area contributed by atoms with Crippen LogP contribution in [-0.2, 0) is 14.3 Å². The van der Waals surface area contributed by atoms with E-state index in [0.717, 1.165) is 27.7 Å². The molecular formula is C28H31N3O4S. The molecule has 1 atom stereocenters. The fourth-order valence-electron chi connectivity index (χ4n) is 4.08. The Morgan fingerprint density at radius 2 is 1.81 bits per heavy atom. The summed E-state index contributed by atoms with van der Waals surface area (Å²) < 4.78 is 11.3. The van der Waals surface area contributed by atoms with Crippen molar-refractivity contribution in [2.75, 3.05) is 13.2 Å². The Balaban J connectivity index is 1.50. The summed E-state index contributed by atoms with van der Waals surface area (Å²) in [5, 5.41) is 5.60. The predicted octanol–water partition coefficient (Wildman–Crippen LogP) is 5.11. The molecule has 0 bridgehead atoms. The zero-order valence-electron chi connectivity index (χ0n) is 21.0. The summed E-state index contributed by atoms with van der Waals surface area (Å²) in [6.45, 7) is 8.28. The Labute approximate surface area is 216 Å². The largest absolute Gasteiger partial charge is 0.492 e. The van der Waals surface area contributed by atoms with Gasteiger partial charge in [-0.2, -0.15) is 0 Å². The van der Waals surface area contributed by atoms with Crippen molar-refractivity contribution in [2.24, 2.45) is 4.99 Å². The molecule has 1 amide bonds. The third kappa shape index (κ3) is 5.99. The number of para-hydroxylation sites is 1. The molecule has 2 aliphatic heterocycles. The molecule has 8 heteroatoms. The van der Waals surface area contributed by atoms with E-state index in [1.807, 2.05) is 92.6 Å². The van der Waals surface area contributed by atoms with Gasteiger partial charge in [0.15, 0.2) is 5.17 Å². The molecule has 36 heavy (non-hydrogen) atoms. The monoisotopic (exact) mass is 505 g/mol. The summed E-state index contributed by atoms with van der Waals surface area (Å²) >= 11 is 1.46. The number of ether oxygens (including phenoxy) is 2. The summed E-state index contributed by atoms with van der Waals surface area (Å²) in [5.41, 5.74) is 3.96. The second-order valence-corrected chi connectivity index (χ2v) is 9.78. The van der Waals surface area contributed by atoms with Crippen molar-refractivity contribution < 1.29 is 19.1 Å². The minimum atomic E-state index is -0.431. The van der Waals surface area contributed by atoms with Crippen LogP contribution in [0.1, 0.15) is 44.4 Å². The number of esters is 1. The van der Waals surface area contributed by atoms with Crippen LogP contribution in [-0.4, -0.2) is 41.2 Å². The molecule has 2 aromatic carbocycles. The van der Waals surface area contributed by atoms with Crippen LogP contribution in [0, 0.1) is 6.92 Å². The maximum atomic E-state index is 13.2. The molecule has 4 rings (SSSR count). The van der Waals surface area contributed by atoms with Crippen molar-refractivity contribution in [1.82, 2.24) is 10.2 Å². The van der Waals surface area contributed by atoms with Crippen molar-refractivity contribution in [3.8, 4) is 5.75 Å². The lowest BCUT2D eigenvalue weighted by Gasteiger charge is -2.36. The number of hydrogen-bond donors (Lipinski definition) is 1. The second-order valence-electron chi connectivity index (χ2n) is 8.95. The number of hydrogen-bond acceptors (Lipinski definition) is 7. The topological polar surface area (TPSA) is 80.2 Å². The fourth-order valence-corrected chi connectivity index (χ4v) is 5.04. The molecule has 7 nitrogen and oxygen atoms in total. The van der Waals surface area contributed by atoms with Gasteiger partial charge < -0.3 is 19.7 Å². The van der Waals surface area contributed by atoms with Gasteiger partial charge in [-0.15, -0.1) is 0 Å². The first kappa shape index (κ1) is 25.6.